The van der Waals surface area contributed by atoms with Crippen molar-refractivity contribution in [2.75, 3.05) is 0 Å². The zero-order chi connectivity index (χ0) is 10.9. The van der Waals surface area contributed by atoms with Crippen molar-refractivity contribution < 1.29 is 0 Å². The topological polar surface area (TPSA) is 102 Å². The summed E-state index contributed by atoms with van der Waals surface area (Å²) in [5, 5.41) is 2.79. The molecule has 1 atom stereocenters. The highest BCUT2D eigenvalue weighted by Crippen LogP contribution is 2.35. The summed E-state index contributed by atoms with van der Waals surface area (Å²) in [6.45, 7) is 0. The van der Waals surface area contributed by atoms with Gasteiger partial charge in [-0.25, -0.2) is 4.99 Å². The van der Waals surface area contributed by atoms with Gasteiger partial charge in [-0.15, -0.1) is 0 Å². The Balaban J connectivity index is 2.22. The van der Waals surface area contributed by atoms with Gasteiger partial charge >= 0.3 is 0 Å². The van der Waals surface area contributed by atoms with Crippen LogP contribution >= 0.6 is 0 Å². The highest BCUT2D eigenvalue weighted by atomic mass is 15.2. The fourth-order valence-electron chi connectivity index (χ4n) is 2.43. The van der Waals surface area contributed by atoms with E-state index in [9.17, 15) is 0 Å². The highest BCUT2D eigenvalue weighted by molar-refractivity contribution is 5.80. The van der Waals surface area contributed by atoms with Gasteiger partial charge in [-0.3, -0.25) is 0 Å². The summed E-state index contributed by atoms with van der Waals surface area (Å²) in [5.74, 6) is 0.681. The molecule has 0 aromatic heterocycles. The van der Waals surface area contributed by atoms with E-state index in [0.29, 0.717) is 17.6 Å². The number of guanidine groups is 1. The van der Waals surface area contributed by atoms with Crippen LogP contribution in [0.15, 0.2) is 16.9 Å². The van der Waals surface area contributed by atoms with E-state index in [1.165, 1.54) is 19.3 Å². The quantitative estimate of drug-likeness (QED) is 0.486. The van der Waals surface area contributed by atoms with Crippen LogP contribution in [-0.2, 0) is 0 Å². The molecular weight excluding hydrogens is 190 g/mol. The highest BCUT2D eigenvalue weighted by Gasteiger charge is 2.39. The minimum Gasteiger partial charge on any atom is -0.398 e. The molecule has 0 radical (unpaired) electrons. The second kappa shape index (κ2) is 3.73. The molecule has 1 aliphatic carbocycles. The first-order valence-electron chi connectivity index (χ1n) is 5.50. The normalized spacial score (nSPS) is 32.9. The van der Waals surface area contributed by atoms with Crippen LogP contribution in [0.5, 0.6) is 0 Å². The SMILES string of the molecule is NC1=CNC(N)=NC1(N)C1CCCCC1. The minimum atomic E-state index is -0.782. The third kappa shape index (κ3) is 1.79. The number of aliphatic imine (C=N–C) groups is 1. The average Bonchev–Trinajstić information content (AvgIpc) is 2.25. The number of hydrogen-bond acceptors (Lipinski definition) is 5. The largest absolute Gasteiger partial charge is 0.398 e. The van der Waals surface area contributed by atoms with E-state index in [4.69, 9.17) is 17.2 Å². The molecule has 0 amide bonds. The van der Waals surface area contributed by atoms with E-state index in [1.807, 2.05) is 0 Å². The van der Waals surface area contributed by atoms with Gasteiger partial charge < -0.3 is 22.5 Å². The van der Waals surface area contributed by atoms with Gasteiger partial charge in [0.15, 0.2) is 11.6 Å². The van der Waals surface area contributed by atoms with Crippen LogP contribution in [0.25, 0.3) is 0 Å². The molecule has 0 bridgehead atoms. The molecule has 2 aliphatic rings. The van der Waals surface area contributed by atoms with Crippen LogP contribution in [0.3, 0.4) is 0 Å². The third-order valence-corrected chi connectivity index (χ3v) is 3.37. The molecular formula is C10H19N5. The molecule has 2 rings (SSSR count). The van der Waals surface area contributed by atoms with Crippen molar-refractivity contribution in [3.63, 3.8) is 0 Å². The van der Waals surface area contributed by atoms with E-state index in [1.54, 1.807) is 6.20 Å². The first-order chi connectivity index (χ1) is 7.13. The fourth-order valence-corrected chi connectivity index (χ4v) is 2.43. The fraction of sp³-hybridized carbons (Fsp3) is 0.700. The van der Waals surface area contributed by atoms with Crippen LogP contribution in [0.2, 0.25) is 0 Å². The first kappa shape index (κ1) is 10.3. The Morgan fingerprint density at radius 1 is 1.27 bits per heavy atom. The summed E-state index contributed by atoms with van der Waals surface area (Å²) < 4.78 is 0. The van der Waals surface area contributed by atoms with Gasteiger partial charge in [-0.2, -0.15) is 0 Å². The molecule has 1 aliphatic heterocycles. The zero-order valence-electron chi connectivity index (χ0n) is 8.87. The van der Waals surface area contributed by atoms with Gasteiger partial charge in [-0.1, -0.05) is 19.3 Å². The lowest BCUT2D eigenvalue weighted by molar-refractivity contribution is 0.240. The molecule has 1 fully saturated rings. The molecule has 1 heterocycles. The van der Waals surface area contributed by atoms with E-state index < -0.39 is 5.66 Å². The summed E-state index contributed by atoms with van der Waals surface area (Å²) in [5.41, 5.74) is 17.6. The van der Waals surface area contributed by atoms with E-state index in [2.05, 4.69) is 10.3 Å². The molecule has 15 heavy (non-hydrogen) atoms. The van der Waals surface area contributed by atoms with E-state index in [0.717, 1.165) is 12.8 Å². The summed E-state index contributed by atoms with van der Waals surface area (Å²) in [4.78, 5) is 4.29. The molecule has 0 aromatic rings. The maximum Gasteiger partial charge on any atom is 0.195 e. The number of rotatable bonds is 1. The van der Waals surface area contributed by atoms with Gasteiger partial charge in [0.2, 0.25) is 0 Å². The average molecular weight is 209 g/mol. The standard InChI is InChI=1S/C10H19N5/c11-8-6-14-9(12)15-10(8,13)7-4-2-1-3-5-7/h6-7H,1-5,11,13H2,(H3,12,14,15). The van der Waals surface area contributed by atoms with Gasteiger partial charge in [0.25, 0.3) is 0 Å². The maximum absolute atomic E-state index is 6.27. The molecule has 5 nitrogen and oxygen atoms in total. The number of nitrogens with zero attached hydrogens (tertiary/aromatic N) is 1. The van der Waals surface area contributed by atoms with Crippen molar-refractivity contribution in [1.82, 2.24) is 5.32 Å². The van der Waals surface area contributed by atoms with Crippen LogP contribution < -0.4 is 22.5 Å². The Hall–Kier alpha value is -1.23. The summed E-state index contributed by atoms with van der Waals surface area (Å²) in [6.07, 6.45) is 7.54. The molecule has 1 unspecified atom stereocenters. The predicted molar refractivity (Wildman–Crippen MR) is 60.5 cm³/mol. The lowest BCUT2D eigenvalue weighted by Crippen LogP contribution is -2.55. The molecule has 0 saturated heterocycles. The van der Waals surface area contributed by atoms with Crippen molar-refractivity contribution in [2.45, 2.75) is 37.8 Å². The Morgan fingerprint density at radius 3 is 2.60 bits per heavy atom. The molecule has 1 saturated carbocycles. The van der Waals surface area contributed by atoms with Gasteiger partial charge in [0.1, 0.15) is 0 Å². The van der Waals surface area contributed by atoms with Crippen molar-refractivity contribution >= 4 is 5.96 Å². The summed E-state index contributed by atoms with van der Waals surface area (Å²) in [6, 6.07) is 0. The number of hydrogen-bond donors (Lipinski definition) is 4. The Kier molecular flexibility index (Phi) is 2.56. The summed E-state index contributed by atoms with van der Waals surface area (Å²) >= 11 is 0. The maximum atomic E-state index is 6.27. The van der Waals surface area contributed by atoms with Crippen molar-refractivity contribution in [3.8, 4) is 0 Å². The Bertz CT molecular complexity index is 303. The first-order valence-corrected chi connectivity index (χ1v) is 5.50. The zero-order valence-corrected chi connectivity index (χ0v) is 8.87. The molecule has 5 heteroatoms. The van der Waals surface area contributed by atoms with Crippen molar-refractivity contribution in [2.24, 2.45) is 28.1 Å². The predicted octanol–water partition coefficient (Wildman–Crippen LogP) is -0.0603. The lowest BCUT2D eigenvalue weighted by Gasteiger charge is -2.38. The van der Waals surface area contributed by atoms with E-state index in [-0.39, 0.29) is 0 Å². The van der Waals surface area contributed by atoms with Crippen molar-refractivity contribution in [1.29, 1.82) is 0 Å². The second-order valence-corrected chi connectivity index (χ2v) is 4.40. The molecule has 7 N–H and O–H groups in total. The summed E-state index contributed by atoms with van der Waals surface area (Å²) in [7, 11) is 0. The van der Waals surface area contributed by atoms with Crippen LogP contribution in [-0.4, -0.2) is 11.6 Å². The van der Waals surface area contributed by atoms with Crippen molar-refractivity contribution in [3.05, 3.63) is 11.9 Å². The second-order valence-electron chi connectivity index (χ2n) is 4.40. The Morgan fingerprint density at radius 2 is 1.93 bits per heavy atom. The number of nitrogens with two attached hydrogens (primary N) is 3. The third-order valence-electron chi connectivity index (χ3n) is 3.37. The molecule has 0 spiro atoms. The molecule has 0 aromatic carbocycles. The van der Waals surface area contributed by atoms with E-state index >= 15 is 0 Å². The monoisotopic (exact) mass is 209 g/mol. The van der Waals surface area contributed by atoms with Gasteiger partial charge in [0, 0.05) is 12.1 Å². The van der Waals surface area contributed by atoms with Crippen LogP contribution in [0.4, 0.5) is 0 Å². The van der Waals surface area contributed by atoms with Crippen LogP contribution in [0, 0.1) is 5.92 Å². The molecule has 84 valence electrons. The van der Waals surface area contributed by atoms with Gasteiger partial charge in [-0.05, 0) is 12.8 Å². The number of nitrogens with one attached hydrogen (secondary N) is 1. The minimum absolute atomic E-state index is 0.322. The smallest absolute Gasteiger partial charge is 0.195 e. The lowest BCUT2D eigenvalue weighted by atomic mass is 9.79. The van der Waals surface area contributed by atoms with Crippen LogP contribution in [0.1, 0.15) is 32.1 Å². The Labute approximate surface area is 89.8 Å². The van der Waals surface area contributed by atoms with Gasteiger partial charge in [0.05, 0.1) is 5.70 Å².